The van der Waals surface area contributed by atoms with Crippen molar-refractivity contribution >= 4 is 11.8 Å². The second-order valence-electron chi connectivity index (χ2n) is 9.77. The number of hydrogen-bond donors (Lipinski definition) is 2. The van der Waals surface area contributed by atoms with Crippen molar-refractivity contribution in [3.05, 3.63) is 48.0 Å². The number of allylic oxidation sites excluding steroid dienone is 1. The van der Waals surface area contributed by atoms with Gasteiger partial charge >= 0.3 is 0 Å². The summed E-state index contributed by atoms with van der Waals surface area (Å²) in [6.07, 6.45) is 4.42. The first-order chi connectivity index (χ1) is 13.6. The highest BCUT2D eigenvalue weighted by Crippen LogP contribution is 2.40. The molecule has 1 aromatic rings. The van der Waals surface area contributed by atoms with Crippen molar-refractivity contribution in [2.24, 2.45) is 11.8 Å². The Morgan fingerprint density at radius 3 is 2.34 bits per heavy atom. The third kappa shape index (κ3) is 4.89. The summed E-state index contributed by atoms with van der Waals surface area (Å²) in [6, 6.07) is 8.51. The van der Waals surface area contributed by atoms with Gasteiger partial charge in [-0.05, 0) is 57.1 Å². The molecule has 1 saturated carbocycles. The number of carbonyl (C=O) groups is 2. The molecule has 0 bridgehead atoms. The fraction of sp³-hybridized carbons (Fsp3) is 0.583. The molecule has 1 aliphatic heterocycles. The Morgan fingerprint density at radius 2 is 1.83 bits per heavy atom. The largest absolute Gasteiger partial charge is 0.349 e. The molecule has 5 nitrogen and oxygen atoms in total. The van der Waals surface area contributed by atoms with Gasteiger partial charge in [0, 0.05) is 38.0 Å². The monoisotopic (exact) mass is 397 g/mol. The number of nitrogens with zero attached hydrogens (tertiary/aromatic N) is 1. The van der Waals surface area contributed by atoms with Crippen molar-refractivity contribution in [2.45, 2.75) is 71.1 Å². The number of hydrogen-bond acceptors (Lipinski definition) is 3. The zero-order chi connectivity index (χ0) is 21.2. The topological polar surface area (TPSA) is 61.4 Å². The minimum absolute atomic E-state index is 0.0549. The fourth-order valence-corrected chi connectivity index (χ4v) is 4.89. The van der Waals surface area contributed by atoms with Gasteiger partial charge in [-0.3, -0.25) is 14.5 Å². The van der Waals surface area contributed by atoms with Crippen molar-refractivity contribution in [1.29, 1.82) is 0 Å². The van der Waals surface area contributed by atoms with E-state index in [9.17, 15) is 9.59 Å². The Hall–Kier alpha value is -2.14. The molecule has 0 spiro atoms. The highest BCUT2D eigenvalue weighted by atomic mass is 16.2. The van der Waals surface area contributed by atoms with Gasteiger partial charge in [-0.1, -0.05) is 30.3 Å². The maximum atomic E-state index is 13.6. The van der Waals surface area contributed by atoms with Gasteiger partial charge in [0.15, 0.2) is 0 Å². The number of nitrogens with one attached hydrogen (secondary N) is 2. The number of carbonyl (C=O) groups excluding carboxylic acids is 2. The summed E-state index contributed by atoms with van der Waals surface area (Å²) in [6.45, 7) is 14.0. The molecule has 158 valence electrons. The van der Waals surface area contributed by atoms with Crippen molar-refractivity contribution < 1.29 is 9.59 Å². The maximum Gasteiger partial charge on any atom is 0.246 e. The molecule has 1 heterocycles. The van der Waals surface area contributed by atoms with Crippen LogP contribution in [0.1, 0.15) is 58.1 Å². The van der Waals surface area contributed by atoms with Gasteiger partial charge in [0.25, 0.3) is 0 Å². The molecule has 5 heteroatoms. The van der Waals surface area contributed by atoms with Crippen LogP contribution < -0.4 is 10.6 Å². The second-order valence-corrected chi connectivity index (χ2v) is 9.77. The first-order valence-electron chi connectivity index (χ1n) is 10.7. The molecule has 1 fully saturated rings. The standard InChI is InChI=1S/C24H35N3O2/c1-6-18-11-12-21(16-27-14-19-9-7-8-10-20(19)15-27)24(13-18,25-17(2)28)22(29)26-23(3,4)5/h6-10,18,21H,1,11-16H2,2-5H3,(H,25,28)(H,26,29)/t18-,21+,24+/m1/s1. The predicted octanol–water partition coefficient (Wildman–Crippen LogP) is 3.39. The Morgan fingerprint density at radius 1 is 1.21 bits per heavy atom. The quantitative estimate of drug-likeness (QED) is 0.749. The van der Waals surface area contributed by atoms with E-state index in [0.29, 0.717) is 6.42 Å². The molecule has 0 radical (unpaired) electrons. The lowest BCUT2D eigenvalue weighted by molar-refractivity contribution is -0.139. The third-order valence-electron chi connectivity index (χ3n) is 6.18. The average Bonchev–Trinajstić information content (AvgIpc) is 3.03. The molecule has 1 aromatic carbocycles. The molecular formula is C24H35N3O2. The molecule has 3 atom stereocenters. The Bertz CT molecular complexity index is 758. The molecule has 1 aliphatic carbocycles. The van der Waals surface area contributed by atoms with Gasteiger partial charge in [0.2, 0.25) is 11.8 Å². The highest BCUT2D eigenvalue weighted by molar-refractivity contribution is 5.92. The van der Waals surface area contributed by atoms with E-state index in [2.05, 4.69) is 46.4 Å². The SMILES string of the molecule is C=C[C@@H]1CC[C@@H](CN2Cc3ccccc3C2)[C@](NC(C)=O)(C(=O)NC(C)(C)C)C1. The van der Waals surface area contributed by atoms with Crippen LogP contribution in [0.25, 0.3) is 0 Å². The van der Waals surface area contributed by atoms with Gasteiger partial charge in [0.05, 0.1) is 0 Å². The van der Waals surface area contributed by atoms with Crippen molar-refractivity contribution in [1.82, 2.24) is 15.5 Å². The number of rotatable bonds is 5. The van der Waals surface area contributed by atoms with Crippen LogP contribution in [0.15, 0.2) is 36.9 Å². The summed E-state index contributed by atoms with van der Waals surface area (Å²) in [5.41, 5.74) is 1.44. The molecule has 0 unspecified atom stereocenters. The summed E-state index contributed by atoms with van der Waals surface area (Å²) < 4.78 is 0. The summed E-state index contributed by atoms with van der Waals surface area (Å²) >= 11 is 0. The van der Waals surface area contributed by atoms with Crippen LogP contribution >= 0.6 is 0 Å². The number of amides is 2. The van der Waals surface area contributed by atoms with Crippen LogP contribution in [0.4, 0.5) is 0 Å². The van der Waals surface area contributed by atoms with E-state index in [1.165, 1.54) is 18.1 Å². The normalized spacial score (nSPS) is 27.2. The van der Waals surface area contributed by atoms with Crippen LogP contribution in [-0.2, 0) is 22.7 Å². The predicted molar refractivity (Wildman–Crippen MR) is 116 cm³/mol. The third-order valence-corrected chi connectivity index (χ3v) is 6.18. The van der Waals surface area contributed by atoms with Crippen LogP contribution in [-0.4, -0.2) is 34.3 Å². The van der Waals surface area contributed by atoms with Gasteiger partial charge in [0.1, 0.15) is 5.54 Å². The molecule has 2 amide bonds. The lowest BCUT2D eigenvalue weighted by Crippen LogP contribution is -2.68. The lowest BCUT2D eigenvalue weighted by Gasteiger charge is -2.47. The Labute approximate surface area is 174 Å². The second kappa shape index (κ2) is 8.31. The maximum absolute atomic E-state index is 13.6. The number of fused-ring (bicyclic) bond motifs is 1. The Balaban J connectivity index is 1.88. The molecule has 2 aliphatic rings. The highest BCUT2D eigenvalue weighted by Gasteiger charge is 2.51. The molecule has 2 N–H and O–H groups in total. The van der Waals surface area contributed by atoms with E-state index in [4.69, 9.17) is 0 Å². The van der Waals surface area contributed by atoms with Crippen LogP contribution in [0.3, 0.4) is 0 Å². The molecular weight excluding hydrogens is 362 g/mol. The van der Waals surface area contributed by atoms with E-state index >= 15 is 0 Å². The summed E-state index contributed by atoms with van der Waals surface area (Å²) in [5.74, 6) is 0.0424. The van der Waals surface area contributed by atoms with Crippen LogP contribution in [0.2, 0.25) is 0 Å². The van der Waals surface area contributed by atoms with Crippen LogP contribution in [0.5, 0.6) is 0 Å². The molecule has 0 aromatic heterocycles. The molecule has 29 heavy (non-hydrogen) atoms. The van der Waals surface area contributed by atoms with Crippen molar-refractivity contribution in [3.8, 4) is 0 Å². The zero-order valence-electron chi connectivity index (χ0n) is 18.3. The lowest BCUT2D eigenvalue weighted by atomic mass is 9.67. The van der Waals surface area contributed by atoms with E-state index in [1.807, 2.05) is 26.8 Å². The summed E-state index contributed by atoms with van der Waals surface area (Å²) in [4.78, 5) is 28.2. The first-order valence-corrected chi connectivity index (χ1v) is 10.7. The van der Waals surface area contributed by atoms with Crippen molar-refractivity contribution in [2.75, 3.05) is 6.54 Å². The van der Waals surface area contributed by atoms with E-state index in [1.54, 1.807) is 0 Å². The Kier molecular flexibility index (Phi) is 6.18. The van der Waals surface area contributed by atoms with Crippen molar-refractivity contribution in [3.63, 3.8) is 0 Å². The summed E-state index contributed by atoms with van der Waals surface area (Å²) in [5, 5.41) is 6.25. The molecule has 0 saturated heterocycles. The number of benzene rings is 1. The minimum Gasteiger partial charge on any atom is -0.349 e. The fourth-order valence-electron chi connectivity index (χ4n) is 4.89. The summed E-state index contributed by atoms with van der Waals surface area (Å²) in [7, 11) is 0. The molecule has 3 rings (SSSR count). The average molecular weight is 398 g/mol. The first kappa shape index (κ1) is 21.6. The van der Waals surface area contributed by atoms with E-state index in [-0.39, 0.29) is 29.2 Å². The van der Waals surface area contributed by atoms with Gasteiger partial charge in [-0.15, -0.1) is 6.58 Å². The van der Waals surface area contributed by atoms with E-state index < -0.39 is 5.54 Å². The van der Waals surface area contributed by atoms with E-state index in [0.717, 1.165) is 32.5 Å². The minimum atomic E-state index is -0.912. The van der Waals surface area contributed by atoms with Gasteiger partial charge in [-0.2, -0.15) is 0 Å². The van der Waals surface area contributed by atoms with Gasteiger partial charge in [-0.25, -0.2) is 0 Å². The zero-order valence-corrected chi connectivity index (χ0v) is 18.3. The van der Waals surface area contributed by atoms with Gasteiger partial charge < -0.3 is 10.6 Å². The van der Waals surface area contributed by atoms with Crippen LogP contribution in [0, 0.1) is 11.8 Å². The smallest absolute Gasteiger partial charge is 0.246 e.